The molecule has 0 fully saturated rings. The Balaban J connectivity index is 1.99. The molecule has 1 amide bonds. The van der Waals surface area contributed by atoms with Crippen LogP contribution in [0, 0.1) is 0 Å². The quantitative estimate of drug-likeness (QED) is 0.550. The van der Waals surface area contributed by atoms with E-state index in [2.05, 4.69) is 10.6 Å². The lowest BCUT2D eigenvalue weighted by Crippen LogP contribution is -2.34. The molecule has 3 N–H and O–H groups in total. The van der Waals surface area contributed by atoms with Crippen molar-refractivity contribution < 1.29 is 19.4 Å². The third-order valence-electron chi connectivity index (χ3n) is 3.62. The molecule has 0 aliphatic carbocycles. The van der Waals surface area contributed by atoms with Crippen LogP contribution in [-0.2, 0) is 4.74 Å². The van der Waals surface area contributed by atoms with Crippen LogP contribution < -0.4 is 10.6 Å². The second kappa shape index (κ2) is 8.96. The van der Waals surface area contributed by atoms with Crippen LogP contribution in [0.15, 0.2) is 48.5 Å². The smallest absolute Gasteiger partial charge is 0.342 e. The molecule has 2 aromatic carbocycles. The molecular weight excluding hydrogens is 352 g/mol. The zero-order chi connectivity index (χ0) is 19.1. The van der Waals surface area contributed by atoms with E-state index in [0.29, 0.717) is 17.7 Å². The Hall–Kier alpha value is -2.93. The van der Waals surface area contributed by atoms with Gasteiger partial charge in [0, 0.05) is 17.3 Å². The maximum atomic E-state index is 12.0. The van der Waals surface area contributed by atoms with E-state index in [0.717, 1.165) is 0 Å². The van der Waals surface area contributed by atoms with Crippen molar-refractivity contribution in [2.45, 2.75) is 26.4 Å². The second-order valence-corrected chi connectivity index (χ2v) is 6.04. The first-order valence-electron chi connectivity index (χ1n) is 8.12. The molecule has 2 aromatic rings. The van der Waals surface area contributed by atoms with Gasteiger partial charge in [-0.1, -0.05) is 25.1 Å². The van der Waals surface area contributed by atoms with Gasteiger partial charge in [-0.15, -0.1) is 0 Å². The number of rotatable bonds is 5. The van der Waals surface area contributed by atoms with Gasteiger partial charge in [-0.2, -0.15) is 0 Å². The number of ether oxygens (including phenoxy) is 1. The number of hydrogen-bond acceptors (Lipinski definition) is 5. The van der Waals surface area contributed by atoms with Crippen LogP contribution in [0.4, 0.5) is 5.69 Å². The van der Waals surface area contributed by atoms with Crippen molar-refractivity contribution in [3.05, 3.63) is 59.7 Å². The molecule has 0 bridgehead atoms. The lowest BCUT2D eigenvalue weighted by molar-refractivity contribution is 0.0331. The third kappa shape index (κ3) is 5.29. The summed E-state index contributed by atoms with van der Waals surface area (Å²) >= 11 is 5.10. The number of phenolic OH excluding ortho intramolecular Hbond substituents is 1. The van der Waals surface area contributed by atoms with Crippen molar-refractivity contribution in [3.8, 4) is 5.75 Å². The Bertz CT molecular complexity index is 808. The van der Waals surface area contributed by atoms with E-state index in [-0.39, 0.29) is 28.4 Å². The van der Waals surface area contributed by atoms with E-state index in [1.807, 2.05) is 13.0 Å². The molecule has 2 rings (SSSR count). The highest BCUT2D eigenvalue weighted by atomic mass is 32.1. The number of esters is 1. The van der Waals surface area contributed by atoms with Gasteiger partial charge in [-0.05, 0) is 49.8 Å². The highest BCUT2D eigenvalue weighted by Crippen LogP contribution is 2.23. The van der Waals surface area contributed by atoms with Gasteiger partial charge in [0.05, 0.1) is 6.10 Å². The van der Waals surface area contributed by atoms with Crippen molar-refractivity contribution in [3.63, 3.8) is 0 Å². The van der Waals surface area contributed by atoms with Gasteiger partial charge < -0.3 is 15.2 Å². The summed E-state index contributed by atoms with van der Waals surface area (Å²) in [6.07, 6.45) is 0.446. The van der Waals surface area contributed by atoms with E-state index in [4.69, 9.17) is 17.0 Å². The van der Waals surface area contributed by atoms with E-state index in [1.54, 1.807) is 37.3 Å². The normalized spacial score (nSPS) is 11.3. The van der Waals surface area contributed by atoms with Gasteiger partial charge >= 0.3 is 5.97 Å². The van der Waals surface area contributed by atoms with Crippen LogP contribution in [0.1, 0.15) is 41.0 Å². The predicted molar refractivity (Wildman–Crippen MR) is 103 cm³/mol. The monoisotopic (exact) mass is 372 g/mol. The fourth-order valence-corrected chi connectivity index (χ4v) is 2.25. The molecule has 0 aliphatic heterocycles. The van der Waals surface area contributed by atoms with Gasteiger partial charge in [-0.3, -0.25) is 10.1 Å². The summed E-state index contributed by atoms with van der Waals surface area (Å²) in [7, 11) is 0. The predicted octanol–water partition coefficient (Wildman–Crippen LogP) is 3.47. The molecule has 0 saturated heterocycles. The zero-order valence-electron chi connectivity index (χ0n) is 14.5. The Morgan fingerprint density at radius 1 is 1.19 bits per heavy atom. The van der Waals surface area contributed by atoms with Gasteiger partial charge in [0.2, 0.25) is 0 Å². The van der Waals surface area contributed by atoms with Crippen LogP contribution in [0.25, 0.3) is 0 Å². The van der Waals surface area contributed by atoms with Gasteiger partial charge in [0.1, 0.15) is 11.3 Å². The summed E-state index contributed by atoms with van der Waals surface area (Å²) < 4.78 is 5.19. The molecule has 7 heteroatoms. The SMILES string of the molecule is CCC(C)OC(=O)c1ccc(NC(=S)NC(=O)c2ccccc2)cc1O. The fraction of sp³-hybridized carbons (Fsp3) is 0.211. The van der Waals surface area contributed by atoms with Crippen molar-refractivity contribution in [1.82, 2.24) is 5.32 Å². The van der Waals surface area contributed by atoms with Crippen LogP contribution in [0.5, 0.6) is 5.75 Å². The molecule has 0 heterocycles. The van der Waals surface area contributed by atoms with Crippen molar-refractivity contribution >= 4 is 34.9 Å². The third-order valence-corrected chi connectivity index (χ3v) is 3.83. The zero-order valence-corrected chi connectivity index (χ0v) is 15.3. The Kier molecular flexibility index (Phi) is 6.68. The number of thiocarbonyl (C=S) groups is 1. The summed E-state index contributed by atoms with van der Waals surface area (Å²) in [6.45, 7) is 3.67. The summed E-state index contributed by atoms with van der Waals surface area (Å²) in [6, 6.07) is 13.0. The van der Waals surface area contributed by atoms with E-state index in [9.17, 15) is 14.7 Å². The van der Waals surface area contributed by atoms with E-state index in [1.165, 1.54) is 12.1 Å². The minimum atomic E-state index is -0.594. The summed E-state index contributed by atoms with van der Waals surface area (Å²) in [5.41, 5.74) is 0.971. The van der Waals surface area contributed by atoms with Crippen LogP contribution in [0.3, 0.4) is 0 Å². The first-order valence-corrected chi connectivity index (χ1v) is 8.53. The second-order valence-electron chi connectivity index (χ2n) is 5.63. The lowest BCUT2D eigenvalue weighted by Gasteiger charge is -2.13. The maximum Gasteiger partial charge on any atom is 0.342 e. The minimum absolute atomic E-state index is 0.0649. The molecule has 0 aromatic heterocycles. The molecule has 0 aliphatic rings. The molecule has 1 atom stereocenters. The summed E-state index contributed by atoms with van der Waals surface area (Å²) in [5.74, 6) is -1.18. The van der Waals surface area contributed by atoms with Gasteiger partial charge in [-0.25, -0.2) is 4.79 Å². The number of nitrogens with one attached hydrogen (secondary N) is 2. The summed E-state index contributed by atoms with van der Waals surface area (Å²) in [5, 5.41) is 15.5. The van der Waals surface area contributed by atoms with Crippen LogP contribution >= 0.6 is 12.2 Å². The topological polar surface area (TPSA) is 87.7 Å². The summed E-state index contributed by atoms with van der Waals surface area (Å²) in [4.78, 5) is 24.0. The highest BCUT2D eigenvalue weighted by Gasteiger charge is 2.16. The van der Waals surface area contributed by atoms with Crippen molar-refractivity contribution in [2.75, 3.05) is 5.32 Å². The molecule has 6 nitrogen and oxygen atoms in total. The Labute approximate surface area is 157 Å². The molecule has 0 spiro atoms. The standard InChI is InChI=1S/C19H20N2O4S/c1-3-12(2)25-18(24)15-10-9-14(11-16(15)22)20-19(26)21-17(23)13-7-5-4-6-8-13/h4-12,22H,3H2,1-2H3,(H2,20,21,23,26). The molecular formula is C19H20N2O4S. The average Bonchev–Trinajstić information content (AvgIpc) is 2.62. The number of amides is 1. The first-order chi connectivity index (χ1) is 12.4. The van der Waals surface area contributed by atoms with E-state index < -0.39 is 5.97 Å². The average molecular weight is 372 g/mol. The lowest BCUT2D eigenvalue weighted by atomic mass is 10.2. The fourth-order valence-electron chi connectivity index (χ4n) is 2.04. The number of aromatic hydroxyl groups is 1. The minimum Gasteiger partial charge on any atom is -0.507 e. The van der Waals surface area contributed by atoms with Crippen LogP contribution in [-0.4, -0.2) is 28.2 Å². The van der Waals surface area contributed by atoms with Gasteiger partial charge in [0.15, 0.2) is 5.11 Å². The number of carbonyl (C=O) groups is 2. The Morgan fingerprint density at radius 3 is 2.50 bits per heavy atom. The number of benzene rings is 2. The largest absolute Gasteiger partial charge is 0.507 e. The Morgan fingerprint density at radius 2 is 1.88 bits per heavy atom. The van der Waals surface area contributed by atoms with Gasteiger partial charge in [0.25, 0.3) is 5.91 Å². The van der Waals surface area contributed by atoms with Crippen LogP contribution in [0.2, 0.25) is 0 Å². The molecule has 0 radical (unpaired) electrons. The van der Waals surface area contributed by atoms with Crippen molar-refractivity contribution in [2.24, 2.45) is 0 Å². The molecule has 26 heavy (non-hydrogen) atoms. The van der Waals surface area contributed by atoms with E-state index >= 15 is 0 Å². The first kappa shape index (κ1) is 19.4. The number of carbonyl (C=O) groups excluding carboxylic acids is 2. The molecule has 136 valence electrons. The van der Waals surface area contributed by atoms with Crippen molar-refractivity contribution in [1.29, 1.82) is 0 Å². The highest BCUT2D eigenvalue weighted by molar-refractivity contribution is 7.80. The molecule has 1 unspecified atom stereocenters. The molecule has 0 saturated carbocycles. The number of phenols is 1. The number of hydrogen-bond donors (Lipinski definition) is 3. The number of anilines is 1. The maximum absolute atomic E-state index is 12.0.